The number of amides is 2. The van der Waals surface area contributed by atoms with E-state index in [9.17, 15) is 14.4 Å². The van der Waals surface area contributed by atoms with E-state index in [0.717, 1.165) is 6.42 Å². The summed E-state index contributed by atoms with van der Waals surface area (Å²) in [6.07, 6.45) is 6.31. The Morgan fingerprint density at radius 3 is 2.44 bits per heavy atom. The van der Waals surface area contributed by atoms with E-state index in [-0.39, 0.29) is 5.97 Å². The molecule has 136 valence electrons. The summed E-state index contributed by atoms with van der Waals surface area (Å²) in [6.45, 7) is 1.49. The summed E-state index contributed by atoms with van der Waals surface area (Å²) in [5, 5.41) is 0. The second kappa shape index (κ2) is 9.81. The van der Waals surface area contributed by atoms with Gasteiger partial charge in [-0.25, -0.2) is 0 Å². The Morgan fingerprint density at radius 2 is 1.76 bits per heavy atom. The molecule has 0 radical (unpaired) electrons. The number of hydrazine groups is 1. The van der Waals surface area contributed by atoms with E-state index in [1.165, 1.54) is 39.0 Å². The summed E-state index contributed by atoms with van der Waals surface area (Å²) in [5.74, 6) is -0.765. The van der Waals surface area contributed by atoms with E-state index >= 15 is 0 Å². The molecule has 0 saturated heterocycles. The van der Waals surface area contributed by atoms with Crippen molar-refractivity contribution in [3.8, 4) is 0 Å². The van der Waals surface area contributed by atoms with Crippen molar-refractivity contribution in [1.29, 1.82) is 0 Å². The molecule has 0 aromatic heterocycles. The van der Waals surface area contributed by atoms with Gasteiger partial charge in [0.2, 0.25) is 0 Å². The van der Waals surface area contributed by atoms with E-state index in [2.05, 4.69) is 10.9 Å². The number of carbonyl (C=O) groups is 3. The quantitative estimate of drug-likeness (QED) is 0.613. The van der Waals surface area contributed by atoms with Gasteiger partial charge in [0.05, 0.1) is 0 Å². The van der Waals surface area contributed by atoms with Gasteiger partial charge in [0.15, 0.2) is 6.10 Å². The number of hydrogen-bond donors (Lipinski definition) is 2. The van der Waals surface area contributed by atoms with Crippen molar-refractivity contribution in [2.75, 3.05) is 0 Å². The van der Waals surface area contributed by atoms with Crippen molar-refractivity contribution in [3.05, 3.63) is 35.9 Å². The minimum absolute atomic E-state index is 0.332. The number of benzene rings is 1. The van der Waals surface area contributed by atoms with Gasteiger partial charge in [-0.05, 0) is 31.4 Å². The minimum Gasteiger partial charge on any atom is -0.452 e. The molecule has 1 aliphatic rings. The molecule has 6 heteroatoms. The summed E-state index contributed by atoms with van der Waals surface area (Å²) in [7, 11) is 0. The molecule has 1 atom stereocenters. The van der Waals surface area contributed by atoms with Crippen LogP contribution in [0.25, 0.3) is 0 Å². The zero-order valence-corrected chi connectivity index (χ0v) is 14.6. The molecule has 1 fully saturated rings. The highest BCUT2D eigenvalue weighted by Crippen LogP contribution is 2.27. The van der Waals surface area contributed by atoms with Crippen LogP contribution in [0.2, 0.25) is 0 Å². The normalized spacial score (nSPS) is 15.9. The van der Waals surface area contributed by atoms with Gasteiger partial charge < -0.3 is 4.74 Å². The van der Waals surface area contributed by atoms with Gasteiger partial charge in [0.1, 0.15) is 0 Å². The van der Waals surface area contributed by atoms with Crippen LogP contribution in [0.3, 0.4) is 0 Å². The zero-order valence-electron chi connectivity index (χ0n) is 14.6. The van der Waals surface area contributed by atoms with Crippen molar-refractivity contribution in [2.45, 2.75) is 58.0 Å². The minimum atomic E-state index is -0.949. The van der Waals surface area contributed by atoms with E-state index < -0.39 is 17.9 Å². The summed E-state index contributed by atoms with van der Waals surface area (Å²) < 4.78 is 5.14. The van der Waals surface area contributed by atoms with E-state index in [4.69, 9.17) is 4.74 Å². The smallest absolute Gasteiger partial charge is 0.306 e. The van der Waals surface area contributed by atoms with Crippen molar-refractivity contribution < 1.29 is 19.1 Å². The number of ether oxygens (including phenoxy) is 1. The van der Waals surface area contributed by atoms with Crippen LogP contribution in [0.15, 0.2) is 30.3 Å². The van der Waals surface area contributed by atoms with Crippen LogP contribution in [0.1, 0.15) is 62.2 Å². The summed E-state index contributed by atoms with van der Waals surface area (Å²) in [4.78, 5) is 35.6. The van der Waals surface area contributed by atoms with Gasteiger partial charge in [-0.3, -0.25) is 25.2 Å². The first-order chi connectivity index (χ1) is 12.1. The third-order valence-corrected chi connectivity index (χ3v) is 4.49. The molecule has 1 saturated carbocycles. The highest BCUT2D eigenvalue weighted by atomic mass is 16.5. The van der Waals surface area contributed by atoms with Crippen molar-refractivity contribution in [1.82, 2.24) is 10.9 Å². The average molecular weight is 346 g/mol. The maximum atomic E-state index is 11.9. The SMILES string of the molecule is C[C@H](OC(=O)CCC1CCCCC1)C(=O)NNC(=O)c1ccccc1. The van der Waals surface area contributed by atoms with Gasteiger partial charge in [-0.2, -0.15) is 0 Å². The lowest BCUT2D eigenvalue weighted by molar-refractivity contribution is -0.155. The highest BCUT2D eigenvalue weighted by molar-refractivity contribution is 5.95. The van der Waals surface area contributed by atoms with Crippen LogP contribution in [-0.2, 0) is 14.3 Å². The molecule has 1 aromatic rings. The maximum Gasteiger partial charge on any atom is 0.306 e. The fourth-order valence-electron chi connectivity index (χ4n) is 2.99. The predicted octanol–water partition coefficient (Wildman–Crippen LogP) is 2.74. The van der Waals surface area contributed by atoms with Crippen LogP contribution >= 0.6 is 0 Å². The fraction of sp³-hybridized carbons (Fsp3) is 0.526. The fourth-order valence-corrected chi connectivity index (χ4v) is 2.99. The zero-order chi connectivity index (χ0) is 18.1. The molecule has 0 bridgehead atoms. The number of carbonyl (C=O) groups excluding carboxylic acids is 3. The molecular weight excluding hydrogens is 320 g/mol. The molecule has 0 spiro atoms. The largest absolute Gasteiger partial charge is 0.452 e. The van der Waals surface area contributed by atoms with Gasteiger partial charge in [0, 0.05) is 12.0 Å². The van der Waals surface area contributed by atoms with Crippen LogP contribution in [0.5, 0.6) is 0 Å². The number of rotatable bonds is 6. The van der Waals surface area contributed by atoms with Gasteiger partial charge in [-0.15, -0.1) is 0 Å². The molecule has 6 nitrogen and oxygen atoms in total. The van der Waals surface area contributed by atoms with Crippen molar-refractivity contribution >= 4 is 17.8 Å². The Balaban J connectivity index is 1.66. The third kappa shape index (κ3) is 6.57. The first-order valence-corrected chi connectivity index (χ1v) is 8.91. The maximum absolute atomic E-state index is 11.9. The molecular formula is C19H26N2O4. The number of nitrogens with one attached hydrogen (secondary N) is 2. The van der Waals surface area contributed by atoms with E-state index in [0.29, 0.717) is 17.9 Å². The molecule has 2 amide bonds. The molecule has 0 unspecified atom stereocenters. The van der Waals surface area contributed by atoms with Gasteiger partial charge >= 0.3 is 5.97 Å². The lowest BCUT2D eigenvalue weighted by Crippen LogP contribution is -2.46. The van der Waals surface area contributed by atoms with Gasteiger partial charge in [0.25, 0.3) is 11.8 Å². The first kappa shape index (κ1) is 19.0. The van der Waals surface area contributed by atoms with Crippen LogP contribution in [-0.4, -0.2) is 23.9 Å². The van der Waals surface area contributed by atoms with E-state index in [1.54, 1.807) is 30.3 Å². The van der Waals surface area contributed by atoms with Crippen LogP contribution in [0, 0.1) is 5.92 Å². The monoisotopic (exact) mass is 346 g/mol. The summed E-state index contributed by atoms with van der Waals surface area (Å²) >= 11 is 0. The highest BCUT2D eigenvalue weighted by Gasteiger charge is 2.20. The Bertz CT molecular complexity index is 582. The molecule has 1 aliphatic carbocycles. The second-order valence-electron chi connectivity index (χ2n) is 6.48. The Labute approximate surface area is 148 Å². The van der Waals surface area contributed by atoms with Crippen molar-refractivity contribution in [3.63, 3.8) is 0 Å². The second-order valence-corrected chi connectivity index (χ2v) is 6.48. The molecule has 25 heavy (non-hydrogen) atoms. The molecule has 2 rings (SSSR count). The first-order valence-electron chi connectivity index (χ1n) is 8.91. The standard InChI is InChI=1S/C19H26N2O4/c1-14(25-17(22)13-12-15-8-4-2-5-9-15)18(23)20-21-19(24)16-10-6-3-7-11-16/h3,6-7,10-11,14-15H,2,4-5,8-9,12-13H2,1H3,(H,20,23)(H,21,24)/t14-/m0/s1. The molecule has 1 aromatic carbocycles. The molecule has 2 N–H and O–H groups in total. The molecule has 0 aliphatic heterocycles. The topological polar surface area (TPSA) is 84.5 Å². The average Bonchev–Trinajstić information content (AvgIpc) is 2.65. The lowest BCUT2D eigenvalue weighted by Gasteiger charge is -2.21. The Hall–Kier alpha value is -2.37. The van der Waals surface area contributed by atoms with Crippen LogP contribution in [0.4, 0.5) is 0 Å². The lowest BCUT2D eigenvalue weighted by atomic mass is 9.86. The summed E-state index contributed by atoms with van der Waals surface area (Å²) in [5.41, 5.74) is 5.01. The Morgan fingerprint density at radius 1 is 1.08 bits per heavy atom. The number of esters is 1. The van der Waals surface area contributed by atoms with Gasteiger partial charge in [-0.1, -0.05) is 50.3 Å². The Kier molecular flexibility index (Phi) is 7.44. The van der Waals surface area contributed by atoms with E-state index in [1.807, 2.05) is 0 Å². The predicted molar refractivity (Wildman–Crippen MR) is 93.4 cm³/mol. The van der Waals surface area contributed by atoms with Crippen molar-refractivity contribution in [2.24, 2.45) is 5.92 Å². The summed E-state index contributed by atoms with van der Waals surface area (Å²) in [6, 6.07) is 8.53. The third-order valence-electron chi connectivity index (χ3n) is 4.49. The molecule has 0 heterocycles. The number of hydrogen-bond acceptors (Lipinski definition) is 4. The van der Waals surface area contributed by atoms with Crippen LogP contribution < -0.4 is 10.9 Å².